The SMILES string of the molecule is CN(C)Cc1cccc(/C=C/B2OC(C)(C)C(C)(C)O2)c1. The van der Waals surface area contributed by atoms with E-state index in [-0.39, 0.29) is 18.3 Å². The fourth-order valence-electron chi connectivity index (χ4n) is 2.32. The predicted octanol–water partition coefficient (Wildman–Crippen LogP) is 3.39. The Balaban J connectivity index is 2.05. The summed E-state index contributed by atoms with van der Waals surface area (Å²) >= 11 is 0. The van der Waals surface area contributed by atoms with Gasteiger partial charge in [-0.3, -0.25) is 0 Å². The van der Waals surface area contributed by atoms with Crippen LogP contribution in [0.2, 0.25) is 0 Å². The zero-order valence-corrected chi connectivity index (χ0v) is 14.0. The predicted molar refractivity (Wildman–Crippen MR) is 88.9 cm³/mol. The van der Waals surface area contributed by atoms with Gasteiger partial charge in [0, 0.05) is 6.54 Å². The molecule has 1 aliphatic rings. The third-order valence-electron chi connectivity index (χ3n) is 4.17. The van der Waals surface area contributed by atoms with E-state index in [1.54, 1.807) is 0 Å². The number of benzene rings is 1. The van der Waals surface area contributed by atoms with Crippen LogP contribution in [0.3, 0.4) is 0 Å². The molecule has 0 amide bonds. The summed E-state index contributed by atoms with van der Waals surface area (Å²) in [6.07, 6.45) is 2.07. The molecule has 0 aromatic heterocycles. The molecule has 1 aromatic carbocycles. The lowest BCUT2D eigenvalue weighted by Crippen LogP contribution is -2.41. The molecule has 0 bridgehead atoms. The van der Waals surface area contributed by atoms with Crippen LogP contribution in [-0.4, -0.2) is 37.3 Å². The zero-order valence-electron chi connectivity index (χ0n) is 14.0. The van der Waals surface area contributed by atoms with Crippen LogP contribution in [0.1, 0.15) is 38.8 Å². The molecule has 1 aromatic rings. The lowest BCUT2D eigenvalue weighted by Gasteiger charge is -2.32. The average Bonchev–Trinajstić information content (AvgIpc) is 2.55. The zero-order chi connectivity index (χ0) is 15.7. The van der Waals surface area contributed by atoms with E-state index in [1.807, 2.05) is 5.98 Å². The quantitative estimate of drug-likeness (QED) is 0.792. The first kappa shape index (κ1) is 16.3. The van der Waals surface area contributed by atoms with E-state index >= 15 is 0 Å². The summed E-state index contributed by atoms with van der Waals surface area (Å²) in [7, 11) is 3.87. The lowest BCUT2D eigenvalue weighted by atomic mass is 9.89. The molecular weight excluding hydrogens is 261 g/mol. The summed E-state index contributed by atoms with van der Waals surface area (Å²) in [5, 5.41) is 0. The fraction of sp³-hybridized carbons (Fsp3) is 0.529. The van der Waals surface area contributed by atoms with Gasteiger partial charge in [-0.25, -0.2) is 0 Å². The van der Waals surface area contributed by atoms with Gasteiger partial charge in [-0.2, -0.15) is 0 Å². The van der Waals surface area contributed by atoms with Gasteiger partial charge in [0.2, 0.25) is 0 Å². The van der Waals surface area contributed by atoms with Gasteiger partial charge in [-0.05, 0) is 52.9 Å². The van der Waals surface area contributed by atoms with Gasteiger partial charge >= 0.3 is 7.12 Å². The Hall–Kier alpha value is -1.10. The molecule has 21 heavy (non-hydrogen) atoms. The van der Waals surface area contributed by atoms with Gasteiger partial charge < -0.3 is 14.2 Å². The Morgan fingerprint density at radius 2 is 1.71 bits per heavy atom. The normalized spacial score (nSPS) is 20.6. The van der Waals surface area contributed by atoms with Gasteiger partial charge in [0.15, 0.2) is 0 Å². The maximum absolute atomic E-state index is 5.96. The van der Waals surface area contributed by atoms with Crippen LogP contribution in [0.5, 0.6) is 0 Å². The Morgan fingerprint density at radius 1 is 1.10 bits per heavy atom. The monoisotopic (exact) mass is 287 g/mol. The Labute approximate surface area is 129 Å². The molecule has 0 saturated carbocycles. The summed E-state index contributed by atoms with van der Waals surface area (Å²) < 4.78 is 11.9. The molecule has 0 aliphatic carbocycles. The Bertz CT molecular complexity index is 507. The highest BCUT2D eigenvalue weighted by molar-refractivity contribution is 6.52. The number of nitrogens with zero attached hydrogens (tertiary/aromatic N) is 1. The van der Waals surface area contributed by atoms with E-state index in [1.165, 1.54) is 11.1 Å². The summed E-state index contributed by atoms with van der Waals surface area (Å²) in [6, 6.07) is 8.53. The Kier molecular flexibility index (Phi) is 4.62. The van der Waals surface area contributed by atoms with Crippen molar-refractivity contribution in [1.82, 2.24) is 4.90 Å². The number of rotatable bonds is 4. The van der Waals surface area contributed by atoms with Crippen molar-refractivity contribution < 1.29 is 9.31 Å². The van der Waals surface area contributed by atoms with Gasteiger partial charge in [0.05, 0.1) is 11.2 Å². The van der Waals surface area contributed by atoms with E-state index < -0.39 is 0 Å². The fourth-order valence-corrected chi connectivity index (χ4v) is 2.32. The maximum atomic E-state index is 5.96. The molecule has 114 valence electrons. The van der Waals surface area contributed by atoms with Crippen molar-refractivity contribution in [2.45, 2.75) is 45.4 Å². The van der Waals surface area contributed by atoms with Gasteiger partial charge in [0.1, 0.15) is 0 Å². The highest BCUT2D eigenvalue weighted by atomic mass is 16.7. The summed E-state index contributed by atoms with van der Waals surface area (Å²) in [5.74, 6) is 1.99. The topological polar surface area (TPSA) is 21.7 Å². The van der Waals surface area contributed by atoms with Crippen molar-refractivity contribution in [3.63, 3.8) is 0 Å². The van der Waals surface area contributed by atoms with Crippen LogP contribution < -0.4 is 0 Å². The second kappa shape index (κ2) is 5.95. The smallest absolute Gasteiger partial charge is 0.400 e. The van der Waals surface area contributed by atoms with Crippen molar-refractivity contribution in [2.75, 3.05) is 14.1 Å². The Morgan fingerprint density at radius 3 is 2.29 bits per heavy atom. The van der Waals surface area contributed by atoms with E-state index in [0.717, 1.165) is 6.54 Å². The molecule has 1 aliphatic heterocycles. The van der Waals surface area contributed by atoms with Crippen LogP contribution in [0, 0.1) is 0 Å². The van der Waals surface area contributed by atoms with E-state index in [4.69, 9.17) is 9.31 Å². The molecule has 1 fully saturated rings. The largest absolute Gasteiger partial charge is 0.487 e. The summed E-state index contributed by atoms with van der Waals surface area (Å²) in [5.41, 5.74) is 1.91. The molecule has 4 heteroatoms. The molecule has 1 saturated heterocycles. The molecule has 1 heterocycles. The van der Waals surface area contributed by atoms with Crippen LogP contribution in [0.25, 0.3) is 6.08 Å². The van der Waals surface area contributed by atoms with E-state index in [0.29, 0.717) is 0 Å². The first-order valence-corrected chi connectivity index (χ1v) is 7.47. The van der Waals surface area contributed by atoms with Crippen molar-refractivity contribution in [2.24, 2.45) is 0 Å². The third kappa shape index (κ3) is 3.97. The van der Waals surface area contributed by atoms with Crippen LogP contribution >= 0.6 is 0 Å². The molecular formula is C17H26BNO2. The van der Waals surface area contributed by atoms with Crippen LogP contribution in [0.4, 0.5) is 0 Å². The molecule has 0 unspecified atom stereocenters. The molecule has 3 nitrogen and oxygen atoms in total. The van der Waals surface area contributed by atoms with Crippen molar-refractivity contribution in [3.05, 3.63) is 41.4 Å². The van der Waals surface area contributed by atoms with Gasteiger partial charge in [0.25, 0.3) is 0 Å². The van der Waals surface area contributed by atoms with Crippen molar-refractivity contribution >= 4 is 13.2 Å². The first-order chi connectivity index (χ1) is 9.69. The van der Waals surface area contributed by atoms with Gasteiger partial charge in [-0.1, -0.05) is 36.3 Å². The second-order valence-corrected chi connectivity index (χ2v) is 6.97. The average molecular weight is 287 g/mol. The maximum Gasteiger partial charge on any atom is 0.487 e. The first-order valence-electron chi connectivity index (χ1n) is 7.47. The lowest BCUT2D eigenvalue weighted by molar-refractivity contribution is 0.00578. The van der Waals surface area contributed by atoms with Crippen LogP contribution in [-0.2, 0) is 15.9 Å². The standard InChI is InChI=1S/C17H26BNO2/c1-16(2)17(3,4)21-18(20-16)11-10-14-8-7-9-15(12-14)13-19(5)6/h7-12H,13H2,1-6H3/b11-10+. The minimum Gasteiger partial charge on any atom is -0.400 e. The van der Waals surface area contributed by atoms with E-state index in [9.17, 15) is 0 Å². The highest BCUT2D eigenvalue weighted by Crippen LogP contribution is 2.37. The molecule has 0 atom stereocenters. The highest BCUT2D eigenvalue weighted by Gasteiger charge is 2.49. The molecule has 0 N–H and O–H groups in total. The molecule has 2 rings (SSSR count). The molecule has 0 radical (unpaired) electrons. The summed E-state index contributed by atoms with van der Waals surface area (Å²) in [4.78, 5) is 2.16. The minimum absolute atomic E-state index is 0.283. The van der Waals surface area contributed by atoms with Crippen molar-refractivity contribution in [1.29, 1.82) is 0 Å². The van der Waals surface area contributed by atoms with Gasteiger partial charge in [-0.15, -0.1) is 0 Å². The number of hydrogen-bond acceptors (Lipinski definition) is 3. The second-order valence-electron chi connectivity index (χ2n) is 6.97. The third-order valence-corrected chi connectivity index (χ3v) is 4.17. The van der Waals surface area contributed by atoms with Crippen molar-refractivity contribution in [3.8, 4) is 0 Å². The van der Waals surface area contributed by atoms with Crippen LogP contribution in [0.15, 0.2) is 30.2 Å². The van der Waals surface area contributed by atoms with E-state index in [2.05, 4.69) is 77.0 Å². The summed E-state index contributed by atoms with van der Waals surface area (Å²) in [6.45, 7) is 9.21. The molecule has 0 spiro atoms. The minimum atomic E-state index is -0.285. The number of hydrogen-bond donors (Lipinski definition) is 0.